The largest absolute Gasteiger partial charge is 0.345 e. The van der Waals surface area contributed by atoms with Gasteiger partial charge in [-0.2, -0.15) is 5.26 Å². The summed E-state index contributed by atoms with van der Waals surface area (Å²) in [4.78, 5) is 12.4. The van der Waals surface area contributed by atoms with Gasteiger partial charge in [-0.05, 0) is 42.8 Å². The number of carbonyl (C=O) groups excluding carboxylic acids is 1. The molecule has 1 amide bonds. The first-order valence-corrected chi connectivity index (χ1v) is 9.73. The maximum Gasteiger partial charge on any atom is 0.251 e. The molecule has 0 aromatic heterocycles. The predicted octanol–water partition coefficient (Wildman–Crippen LogP) is 3.02. The molecule has 1 atom stereocenters. The van der Waals surface area contributed by atoms with E-state index in [1.165, 1.54) is 24.3 Å². The molecule has 0 fully saturated rings. The van der Waals surface area contributed by atoms with Crippen LogP contribution in [0.2, 0.25) is 5.02 Å². The first-order valence-electron chi connectivity index (χ1n) is 7.87. The van der Waals surface area contributed by atoms with Crippen LogP contribution in [0.15, 0.2) is 53.4 Å². The summed E-state index contributed by atoms with van der Waals surface area (Å²) in [6.45, 7) is 1.85. The minimum absolute atomic E-state index is 0.0335. The van der Waals surface area contributed by atoms with Crippen molar-refractivity contribution < 1.29 is 13.2 Å². The van der Waals surface area contributed by atoms with Gasteiger partial charge in [0.25, 0.3) is 5.91 Å². The molecule has 0 aliphatic carbocycles. The van der Waals surface area contributed by atoms with Gasteiger partial charge in [-0.15, -0.1) is 0 Å². The zero-order valence-corrected chi connectivity index (χ0v) is 15.6. The normalized spacial score (nSPS) is 12.2. The average molecular weight is 392 g/mol. The number of benzene rings is 2. The molecule has 26 heavy (non-hydrogen) atoms. The Morgan fingerprint density at radius 1 is 1.19 bits per heavy atom. The summed E-state index contributed by atoms with van der Waals surface area (Å²) in [6, 6.07) is 14.4. The summed E-state index contributed by atoms with van der Waals surface area (Å²) >= 11 is 6.13. The maximum absolute atomic E-state index is 12.4. The van der Waals surface area contributed by atoms with E-state index in [-0.39, 0.29) is 29.8 Å². The second-order valence-electron chi connectivity index (χ2n) is 5.55. The molecule has 0 aliphatic heterocycles. The van der Waals surface area contributed by atoms with Crippen molar-refractivity contribution in [2.24, 2.45) is 0 Å². The number of nitrogens with zero attached hydrogens (tertiary/aromatic N) is 1. The Morgan fingerprint density at radius 3 is 2.46 bits per heavy atom. The van der Waals surface area contributed by atoms with Crippen LogP contribution >= 0.6 is 11.6 Å². The molecular weight excluding hydrogens is 374 g/mol. The van der Waals surface area contributed by atoms with Gasteiger partial charge in [-0.3, -0.25) is 4.79 Å². The highest BCUT2D eigenvalue weighted by atomic mass is 35.5. The van der Waals surface area contributed by atoms with Crippen LogP contribution in [0.4, 0.5) is 0 Å². The van der Waals surface area contributed by atoms with Gasteiger partial charge in [0.15, 0.2) is 0 Å². The summed E-state index contributed by atoms with van der Waals surface area (Å²) in [7, 11) is -3.70. The first-order chi connectivity index (χ1) is 12.3. The van der Waals surface area contributed by atoms with Crippen molar-refractivity contribution in [2.45, 2.75) is 24.3 Å². The number of halogens is 1. The minimum atomic E-state index is -3.70. The van der Waals surface area contributed by atoms with E-state index in [1.807, 2.05) is 31.2 Å². The van der Waals surface area contributed by atoms with E-state index < -0.39 is 10.0 Å². The lowest BCUT2D eigenvalue weighted by Crippen LogP contribution is -2.27. The lowest BCUT2D eigenvalue weighted by Gasteiger charge is -2.16. The van der Waals surface area contributed by atoms with Crippen LogP contribution in [0.5, 0.6) is 0 Å². The number of hydrogen-bond acceptors (Lipinski definition) is 4. The van der Waals surface area contributed by atoms with Crippen LogP contribution in [0.3, 0.4) is 0 Å². The number of carbonyl (C=O) groups is 1. The quantitative estimate of drug-likeness (QED) is 0.708. The van der Waals surface area contributed by atoms with Crippen molar-refractivity contribution in [1.29, 1.82) is 5.26 Å². The molecule has 0 heterocycles. The van der Waals surface area contributed by atoms with Crippen molar-refractivity contribution in [3.63, 3.8) is 0 Å². The lowest BCUT2D eigenvalue weighted by molar-refractivity contribution is 0.0940. The molecular formula is C18H18ClN3O3S. The third-order valence-corrected chi connectivity index (χ3v) is 5.50. The van der Waals surface area contributed by atoms with Gasteiger partial charge in [0, 0.05) is 23.6 Å². The highest BCUT2D eigenvalue weighted by Crippen LogP contribution is 2.22. The van der Waals surface area contributed by atoms with E-state index in [9.17, 15) is 13.2 Å². The first kappa shape index (κ1) is 19.9. The summed E-state index contributed by atoms with van der Waals surface area (Å²) in [6.07, 6.45) is 0.0830. The summed E-state index contributed by atoms with van der Waals surface area (Å²) in [5.41, 5.74) is 1.13. The smallest absolute Gasteiger partial charge is 0.251 e. The lowest BCUT2D eigenvalue weighted by atomic mass is 10.1. The van der Waals surface area contributed by atoms with Gasteiger partial charge in [-0.25, -0.2) is 13.1 Å². The Kier molecular flexibility index (Phi) is 6.75. The average Bonchev–Trinajstić information content (AvgIpc) is 2.62. The molecule has 2 aromatic carbocycles. The minimum Gasteiger partial charge on any atom is -0.345 e. The fraction of sp³-hybridized carbons (Fsp3) is 0.222. The van der Waals surface area contributed by atoms with E-state index in [0.29, 0.717) is 10.6 Å². The summed E-state index contributed by atoms with van der Waals surface area (Å²) < 4.78 is 26.4. The van der Waals surface area contributed by atoms with Crippen LogP contribution in [0.25, 0.3) is 0 Å². The summed E-state index contributed by atoms with van der Waals surface area (Å²) in [5, 5.41) is 11.9. The SMILES string of the molecule is CC(NC(=O)c1ccc(S(=O)(=O)NCCC#N)cc1)c1ccccc1Cl. The number of nitrogens with one attached hydrogen (secondary N) is 2. The predicted molar refractivity (Wildman–Crippen MR) is 99.2 cm³/mol. The van der Waals surface area contributed by atoms with Crippen LogP contribution in [-0.4, -0.2) is 20.9 Å². The van der Waals surface area contributed by atoms with Crippen molar-refractivity contribution in [1.82, 2.24) is 10.0 Å². The van der Waals surface area contributed by atoms with Crippen molar-refractivity contribution >= 4 is 27.5 Å². The van der Waals surface area contributed by atoms with E-state index in [0.717, 1.165) is 5.56 Å². The highest BCUT2D eigenvalue weighted by molar-refractivity contribution is 7.89. The molecule has 1 unspecified atom stereocenters. The maximum atomic E-state index is 12.4. The van der Waals surface area contributed by atoms with E-state index >= 15 is 0 Å². The third kappa shape index (κ3) is 5.05. The number of sulfonamides is 1. The molecule has 0 saturated carbocycles. The molecule has 2 aromatic rings. The van der Waals surface area contributed by atoms with Crippen LogP contribution in [0.1, 0.15) is 35.3 Å². The van der Waals surface area contributed by atoms with Gasteiger partial charge in [0.2, 0.25) is 10.0 Å². The van der Waals surface area contributed by atoms with Gasteiger partial charge < -0.3 is 5.32 Å². The van der Waals surface area contributed by atoms with E-state index in [4.69, 9.17) is 16.9 Å². The fourth-order valence-corrected chi connectivity index (χ4v) is 3.63. The van der Waals surface area contributed by atoms with Gasteiger partial charge in [0.05, 0.1) is 17.0 Å². The number of rotatable bonds is 7. The Morgan fingerprint density at radius 2 is 1.85 bits per heavy atom. The Hall–Kier alpha value is -2.40. The van der Waals surface area contributed by atoms with Crippen molar-refractivity contribution in [3.8, 4) is 6.07 Å². The van der Waals surface area contributed by atoms with Crippen molar-refractivity contribution in [2.75, 3.05) is 6.54 Å². The molecule has 136 valence electrons. The van der Waals surface area contributed by atoms with Crippen LogP contribution < -0.4 is 10.0 Å². The standard InChI is InChI=1S/C18H18ClN3O3S/c1-13(16-5-2-3-6-17(16)19)22-18(23)14-7-9-15(10-8-14)26(24,25)21-12-4-11-20/h2-3,5-10,13,21H,4,12H2,1H3,(H,22,23). The van der Waals surface area contributed by atoms with Crippen LogP contribution in [0, 0.1) is 11.3 Å². The summed E-state index contributed by atoms with van der Waals surface area (Å²) in [5.74, 6) is -0.334. The highest BCUT2D eigenvalue weighted by Gasteiger charge is 2.16. The second-order valence-corrected chi connectivity index (χ2v) is 7.72. The number of hydrogen-bond donors (Lipinski definition) is 2. The molecule has 2 rings (SSSR count). The molecule has 8 heteroatoms. The molecule has 0 saturated heterocycles. The van der Waals surface area contributed by atoms with Gasteiger partial charge in [-0.1, -0.05) is 29.8 Å². The Bertz CT molecular complexity index is 921. The third-order valence-electron chi connectivity index (χ3n) is 3.68. The monoisotopic (exact) mass is 391 g/mol. The topological polar surface area (TPSA) is 99.1 Å². The van der Waals surface area contributed by atoms with E-state index in [2.05, 4.69) is 10.0 Å². The molecule has 2 N–H and O–H groups in total. The number of nitriles is 1. The zero-order chi connectivity index (χ0) is 19.2. The number of amides is 1. The molecule has 0 radical (unpaired) electrons. The molecule has 0 spiro atoms. The Labute approximate surface area is 157 Å². The van der Waals surface area contributed by atoms with Gasteiger partial charge >= 0.3 is 0 Å². The second kappa shape index (κ2) is 8.81. The Balaban J connectivity index is 2.07. The van der Waals surface area contributed by atoms with E-state index in [1.54, 1.807) is 6.07 Å². The van der Waals surface area contributed by atoms with Crippen LogP contribution in [-0.2, 0) is 10.0 Å². The van der Waals surface area contributed by atoms with Gasteiger partial charge in [0.1, 0.15) is 0 Å². The fourth-order valence-electron chi connectivity index (χ4n) is 2.29. The molecule has 6 nitrogen and oxygen atoms in total. The zero-order valence-electron chi connectivity index (χ0n) is 14.1. The molecule has 0 bridgehead atoms. The molecule has 0 aliphatic rings. The van der Waals surface area contributed by atoms with Crippen molar-refractivity contribution in [3.05, 3.63) is 64.7 Å².